The van der Waals surface area contributed by atoms with Crippen molar-refractivity contribution < 1.29 is 28.5 Å². The summed E-state index contributed by atoms with van der Waals surface area (Å²) in [6, 6.07) is 1.90. The van der Waals surface area contributed by atoms with Gasteiger partial charge in [0.15, 0.2) is 12.4 Å². The van der Waals surface area contributed by atoms with Crippen molar-refractivity contribution in [2.24, 2.45) is 0 Å². The maximum atomic E-state index is 12.9. The molecule has 186 valence electrons. The minimum absolute atomic E-state index is 0.0387. The van der Waals surface area contributed by atoms with Crippen molar-refractivity contribution in [3.05, 3.63) is 0 Å². The normalized spacial score (nSPS) is 31.4. The zero-order valence-electron chi connectivity index (χ0n) is 20.2. The third-order valence-corrected chi connectivity index (χ3v) is 6.84. The van der Waals surface area contributed by atoms with Crippen LogP contribution in [0, 0.1) is 11.3 Å². The van der Waals surface area contributed by atoms with Gasteiger partial charge in [0.2, 0.25) is 5.91 Å². The molecule has 5 atom stereocenters. The maximum absolute atomic E-state index is 12.9. The Labute approximate surface area is 196 Å². The lowest BCUT2D eigenvalue weighted by Gasteiger charge is -2.40. The number of rotatable bonds is 8. The van der Waals surface area contributed by atoms with Gasteiger partial charge in [-0.1, -0.05) is 0 Å². The van der Waals surface area contributed by atoms with Gasteiger partial charge in [-0.2, -0.15) is 5.26 Å². The van der Waals surface area contributed by atoms with Crippen LogP contribution in [0.4, 0.5) is 4.79 Å². The molecule has 0 spiro atoms. The Morgan fingerprint density at radius 3 is 2.48 bits per heavy atom. The molecule has 0 aliphatic carbocycles. The lowest BCUT2D eigenvalue weighted by atomic mass is 9.89. The number of amides is 2. The average Bonchev–Trinajstić information content (AvgIpc) is 3.39. The van der Waals surface area contributed by atoms with Gasteiger partial charge in [0.05, 0.1) is 18.7 Å². The second-order valence-electron chi connectivity index (χ2n) is 9.21. The molecule has 10 heteroatoms. The number of ether oxygens (including phenoxy) is 4. The smallest absolute Gasteiger partial charge is 0.410 e. The lowest BCUT2D eigenvalue weighted by Crippen LogP contribution is -2.55. The third-order valence-electron chi connectivity index (χ3n) is 6.84. The topological polar surface area (TPSA) is 113 Å². The summed E-state index contributed by atoms with van der Waals surface area (Å²) in [6.07, 6.45) is 0.761. The molecule has 10 nitrogen and oxygen atoms in total. The summed E-state index contributed by atoms with van der Waals surface area (Å²) in [5, 5.41) is 12.6. The van der Waals surface area contributed by atoms with E-state index in [4.69, 9.17) is 18.9 Å². The van der Waals surface area contributed by atoms with Crippen LogP contribution in [0.2, 0.25) is 0 Å². The third kappa shape index (κ3) is 6.15. The van der Waals surface area contributed by atoms with Crippen molar-refractivity contribution in [1.29, 1.82) is 5.26 Å². The Balaban J connectivity index is 1.48. The van der Waals surface area contributed by atoms with Crippen LogP contribution in [0.3, 0.4) is 0 Å². The summed E-state index contributed by atoms with van der Waals surface area (Å²) < 4.78 is 23.0. The van der Waals surface area contributed by atoms with E-state index in [1.807, 2.05) is 20.8 Å². The largest absolute Gasteiger partial charge is 0.440 e. The van der Waals surface area contributed by atoms with Gasteiger partial charge < -0.3 is 34.1 Å². The first-order valence-electron chi connectivity index (χ1n) is 12.1. The molecule has 3 saturated heterocycles. The molecule has 0 radical (unpaired) electrons. The number of nitriles is 1. The van der Waals surface area contributed by atoms with E-state index in [-0.39, 0.29) is 36.2 Å². The molecule has 3 fully saturated rings. The van der Waals surface area contributed by atoms with E-state index < -0.39 is 18.5 Å². The number of likely N-dealkylation sites (tertiary alicyclic amines) is 2. The standard InChI is InChI=1S/C23H38N4O6/c1-5-30-20-19(16(3)32-21(20)31-6-2)33-22(29)26-12-9-23(4,10-13-26)25-15-18(28)27-11-7-8-17(27)14-24/h16-17,19-21,25H,5-13,15H2,1-4H3/t16-,17+,19+,20-,21+/m1/s1. The molecular formula is C23H38N4O6. The Bertz CT molecular complexity index is 720. The minimum atomic E-state index is -0.551. The lowest BCUT2D eigenvalue weighted by molar-refractivity contribution is -0.172. The van der Waals surface area contributed by atoms with E-state index in [2.05, 4.69) is 18.3 Å². The fourth-order valence-electron chi connectivity index (χ4n) is 4.76. The fraction of sp³-hybridized carbons (Fsp3) is 0.870. The van der Waals surface area contributed by atoms with E-state index in [9.17, 15) is 14.9 Å². The fourth-order valence-corrected chi connectivity index (χ4v) is 4.76. The van der Waals surface area contributed by atoms with Crippen molar-refractivity contribution in [3.63, 3.8) is 0 Å². The van der Waals surface area contributed by atoms with Gasteiger partial charge in [-0.05, 0) is 53.4 Å². The minimum Gasteiger partial charge on any atom is -0.440 e. The molecule has 2 amide bonds. The predicted molar refractivity (Wildman–Crippen MR) is 119 cm³/mol. The summed E-state index contributed by atoms with van der Waals surface area (Å²) in [5.41, 5.74) is -0.258. The van der Waals surface area contributed by atoms with Gasteiger partial charge in [-0.3, -0.25) is 4.79 Å². The van der Waals surface area contributed by atoms with Crippen LogP contribution in [0.25, 0.3) is 0 Å². The maximum Gasteiger partial charge on any atom is 0.410 e. The van der Waals surface area contributed by atoms with Crippen molar-refractivity contribution in [3.8, 4) is 6.07 Å². The first-order valence-corrected chi connectivity index (χ1v) is 12.1. The van der Waals surface area contributed by atoms with Crippen molar-refractivity contribution in [1.82, 2.24) is 15.1 Å². The molecule has 0 bridgehead atoms. The van der Waals surface area contributed by atoms with E-state index in [1.54, 1.807) is 9.80 Å². The number of carbonyl (C=O) groups excluding carboxylic acids is 2. The zero-order valence-corrected chi connectivity index (χ0v) is 20.2. The van der Waals surface area contributed by atoms with Crippen LogP contribution in [-0.4, -0.2) is 97.4 Å². The van der Waals surface area contributed by atoms with Crippen LogP contribution in [0.5, 0.6) is 0 Å². The quantitative estimate of drug-likeness (QED) is 0.574. The molecule has 33 heavy (non-hydrogen) atoms. The highest BCUT2D eigenvalue weighted by Gasteiger charge is 2.47. The molecule has 1 N–H and O–H groups in total. The second-order valence-corrected chi connectivity index (χ2v) is 9.21. The number of piperidine rings is 1. The van der Waals surface area contributed by atoms with E-state index in [1.165, 1.54) is 0 Å². The summed E-state index contributed by atoms with van der Waals surface area (Å²) >= 11 is 0. The van der Waals surface area contributed by atoms with Crippen LogP contribution >= 0.6 is 0 Å². The predicted octanol–water partition coefficient (Wildman–Crippen LogP) is 1.64. The molecule has 3 aliphatic heterocycles. The van der Waals surface area contributed by atoms with Crippen molar-refractivity contribution in [2.45, 2.75) is 89.6 Å². The average molecular weight is 467 g/mol. The highest BCUT2D eigenvalue weighted by Crippen LogP contribution is 2.29. The van der Waals surface area contributed by atoms with Crippen LogP contribution in [-0.2, 0) is 23.7 Å². The SMILES string of the molecule is CCO[C@H]1O[C@H](C)[C@H](OC(=O)N2CCC(C)(NCC(=O)N3CCC[C@H]3C#N)CC2)[C@H]1OCC. The van der Waals surface area contributed by atoms with Crippen LogP contribution in [0.1, 0.15) is 53.4 Å². The highest BCUT2D eigenvalue weighted by atomic mass is 16.7. The van der Waals surface area contributed by atoms with Crippen molar-refractivity contribution >= 4 is 12.0 Å². The Morgan fingerprint density at radius 1 is 1.15 bits per heavy atom. The van der Waals surface area contributed by atoms with Gasteiger partial charge in [0.1, 0.15) is 12.1 Å². The van der Waals surface area contributed by atoms with Crippen molar-refractivity contribution in [2.75, 3.05) is 39.4 Å². The van der Waals surface area contributed by atoms with Gasteiger partial charge in [0.25, 0.3) is 0 Å². The number of hydrogen-bond acceptors (Lipinski definition) is 8. The Morgan fingerprint density at radius 2 is 1.85 bits per heavy atom. The summed E-state index contributed by atoms with van der Waals surface area (Å²) in [4.78, 5) is 28.8. The first-order chi connectivity index (χ1) is 15.8. The van der Waals surface area contributed by atoms with Gasteiger partial charge in [-0.15, -0.1) is 0 Å². The molecule has 0 saturated carbocycles. The van der Waals surface area contributed by atoms with Crippen LogP contribution in [0.15, 0.2) is 0 Å². The van der Waals surface area contributed by atoms with Gasteiger partial charge in [-0.25, -0.2) is 4.79 Å². The van der Waals surface area contributed by atoms with E-state index >= 15 is 0 Å². The van der Waals surface area contributed by atoms with E-state index in [0.717, 1.165) is 12.8 Å². The molecule has 0 aromatic heterocycles. The number of nitrogens with one attached hydrogen (secondary N) is 1. The number of carbonyl (C=O) groups is 2. The zero-order chi connectivity index (χ0) is 24.0. The monoisotopic (exact) mass is 466 g/mol. The van der Waals surface area contributed by atoms with Gasteiger partial charge >= 0.3 is 6.09 Å². The summed E-state index contributed by atoms with van der Waals surface area (Å²) in [6.45, 7) is 10.5. The first kappa shape index (κ1) is 25.7. The highest BCUT2D eigenvalue weighted by molar-refractivity contribution is 5.79. The number of hydrogen-bond donors (Lipinski definition) is 1. The van der Waals surface area contributed by atoms with Gasteiger partial charge in [0, 0.05) is 38.4 Å². The number of nitrogens with zero attached hydrogens (tertiary/aromatic N) is 3. The molecule has 3 heterocycles. The Hall–Kier alpha value is -1.93. The molecule has 3 rings (SSSR count). The molecular weight excluding hydrogens is 428 g/mol. The summed E-state index contributed by atoms with van der Waals surface area (Å²) in [5.74, 6) is -0.0387. The molecule has 0 aromatic rings. The summed E-state index contributed by atoms with van der Waals surface area (Å²) in [7, 11) is 0. The molecule has 0 unspecified atom stereocenters. The van der Waals surface area contributed by atoms with Crippen LogP contribution < -0.4 is 5.32 Å². The second kappa shape index (κ2) is 11.5. The Kier molecular flexibility index (Phi) is 8.93. The van der Waals surface area contributed by atoms with E-state index in [0.29, 0.717) is 45.7 Å². The molecule has 0 aromatic carbocycles. The molecule has 3 aliphatic rings.